The fraction of sp³-hybridized carbons (Fsp3) is 0.389. The molecule has 25 heavy (non-hydrogen) atoms. The second-order valence-electron chi connectivity index (χ2n) is 5.73. The molecule has 2 aromatic rings. The molecule has 1 saturated heterocycles. The molecule has 0 saturated carbocycles. The van der Waals surface area contributed by atoms with E-state index in [1.165, 1.54) is 6.33 Å². The number of hydrogen-bond acceptors (Lipinski definition) is 7. The Hall–Kier alpha value is -2.67. The number of esters is 1. The number of anilines is 3. The molecule has 0 radical (unpaired) electrons. The van der Waals surface area contributed by atoms with Crippen LogP contribution in [0, 0.1) is 0 Å². The van der Waals surface area contributed by atoms with Gasteiger partial charge >= 0.3 is 5.97 Å². The molecular formula is C18H22N4O3. The van der Waals surface area contributed by atoms with Gasteiger partial charge in [0.25, 0.3) is 0 Å². The van der Waals surface area contributed by atoms with E-state index in [0.717, 1.165) is 37.5 Å². The van der Waals surface area contributed by atoms with Gasteiger partial charge in [-0.25, -0.2) is 14.8 Å². The highest BCUT2D eigenvalue weighted by Gasteiger charge is 2.15. The molecule has 2 heterocycles. The molecule has 7 heteroatoms. The van der Waals surface area contributed by atoms with Gasteiger partial charge < -0.3 is 20.1 Å². The first kappa shape index (κ1) is 17.2. The minimum absolute atomic E-state index is 0.252. The Morgan fingerprint density at radius 3 is 2.80 bits per heavy atom. The van der Waals surface area contributed by atoms with Gasteiger partial charge in [-0.05, 0) is 44.0 Å². The Balaban J connectivity index is 1.58. The summed E-state index contributed by atoms with van der Waals surface area (Å²) in [6.07, 6.45) is 3.95. The molecule has 2 N–H and O–H groups in total. The topological polar surface area (TPSA) is 85.4 Å². The zero-order chi connectivity index (χ0) is 17.5. The Labute approximate surface area is 146 Å². The van der Waals surface area contributed by atoms with Crippen LogP contribution in [-0.2, 0) is 9.47 Å². The summed E-state index contributed by atoms with van der Waals surface area (Å²) in [5, 5.41) is 6.47. The van der Waals surface area contributed by atoms with Crippen molar-refractivity contribution < 1.29 is 14.3 Å². The van der Waals surface area contributed by atoms with Crippen molar-refractivity contribution in [2.45, 2.75) is 25.9 Å². The Bertz CT molecular complexity index is 700. The lowest BCUT2D eigenvalue weighted by Gasteiger charge is -2.12. The summed E-state index contributed by atoms with van der Waals surface area (Å²) in [6, 6.07) is 8.91. The molecule has 1 aromatic carbocycles. The van der Waals surface area contributed by atoms with E-state index < -0.39 is 0 Å². The lowest BCUT2D eigenvalue weighted by atomic mass is 10.2. The van der Waals surface area contributed by atoms with Crippen LogP contribution in [0.4, 0.5) is 17.3 Å². The Morgan fingerprint density at radius 2 is 2.08 bits per heavy atom. The summed E-state index contributed by atoms with van der Waals surface area (Å²) in [4.78, 5) is 20.1. The molecule has 1 aromatic heterocycles. The van der Waals surface area contributed by atoms with Gasteiger partial charge in [0.1, 0.15) is 18.0 Å². The van der Waals surface area contributed by atoms with E-state index in [0.29, 0.717) is 18.0 Å². The fourth-order valence-corrected chi connectivity index (χ4v) is 2.60. The molecule has 0 amide bonds. The number of hydrogen-bond donors (Lipinski definition) is 2. The smallest absolute Gasteiger partial charge is 0.338 e. The number of rotatable bonds is 7. The third-order valence-electron chi connectivity index (χ3n) is 3.87. The molecule has 3 rings (SSSR count). The highest BCUT2D eigenvalue weighted by atomic mass is 16.5. The molecule has 0 aliphatic carbocycles. The number of ether oxygens (including phenoxy) is 2. The van der Waals surface area contributed by atoms with Crippen molar-refractivity contribution in [3.05, 3.63) is 42.2 Å². The van der Waals surface area contributed by atoms with Crippen LogP contribution in [-0.4, -0.2) is 41.8 Å². The predicted octanol–water partition coefficient (Wildman–Crippen LogP) is 2.99. The van der Waals surface area contributed by atoms with Gasteiger partial charge in [-0.15, -0.1) is 0 Å². The maximum atomic E-state index is 11.7. The minimum atomic E-state index is -0.322. The lowest BCUT2D eigenvalue weighted by Crippen LogP contribution is -2.19. The molecular weight excluding hydrogens is 320 g/mol. The van der Waals surface area contributed by atoms with Crippen LogP contribution in [0.15, 0.2) is 36.7 Å². The van der Waals surface area contributed by atoms with Crippen LogP contribution in [0.1, 0.15) is 30.1 Å². The molecule has 1 aliphatic heterocycles. The average Bonchev–Trinajstić information content (AvgIpc) is 3.15. The predicted molar refractivity (Wildman–Crippen MR) is 95.2 cm³/mol. The van der Waals surface area contributed by atoms with E-state index in [2.05, 4.69) is 20.6 Å². The van der Waals surface area contributed by atoms with Gasteiger partial charge in [0, 0.05) is 24.9 Å². The van der Waals surface area contributed by atoms with Gasteiger partial charge in [-0.2, -0.15) is 0 Å². The summed E-state index contributed by atoms with van der Waals surface area (Å²) in [5.74, 6) is 1.10. The quantitative estimate of drug-likeness (QED) is 0.748. The number of carbonyl (C=O) groups excluding carboxylic acids is 1. The largest absolute Gasteiger partial charge is 0.462 e. The zero-order valence-electron chi connectivity index (χ0n) is 14.2. The van der Waals surface area contributed by atoms with Crippen LogP contribution in [0.25, 0.3) is 0 Å². The first-order valence-corrected chi connectivity index (χ1v) is 8.46. The van der Waals surface area contributed by atoms with Gasteiger partial charge in [0.2, 0.25) is 0 Å². The Kier molecular flexibility index (Phi) is 5.79. The molecule has 1 unspecified atom stereocenters. The van der Waals surface area contributed by atoms with E-state index in [9.17, 15) is 4.79 Å². The lowest BCUT2D eigenvalue weighted by molar-refractivity contribution is 0.0526. The number of carbonyl (C=O) groups is 1. The van der Waals surface area contributed by atoms with Crippen LogP contribution in [0.5, 0.6) is 0 Å². The summed E-state index contributed by atoms with van der Waals surface area (Å²) >= 11 is 0. The molecule has 132 valence electrons. The average molecular weight is 342 g/mol. The second kappa shape index (κ2) is 8.43. The zero-order valence-corrected chi connectivity index (χ0v) is 14.2. The normalized spacial score (nSPS) is 16.4. The number of nitrogens with zero attached hydrogens (tertiary/aromatic N) is 2. The third-order valence-corrected chi connectivity index (χ3v) is 3.87. The standard InChI is InChI=1S/C18H22N4O3/c1-2-24-18(23)13-5-7-14(8-6-13)22-17-10-16(20-12-21-17)19-11-15-4-3-9-25-15/h5-8,10,12,15H,2-4,9,11H2,1H3,(H2,19,20,21,22). The van der Waals surface area contributed by atoms with Crippen LogP contribution < -0.4 is 10.6 Å². The van der Waals surface area contributed by atoms with E-state index in [1.807, 2.05) is 18.2 Å². The summed E-state index contributed by atoms with van der Waals surface area (Å²) in [6.45, 7) is 3.73. The van der Waals surface area contributed by atoms with Crippen molar-refractivity contribution >= 4 is 23.3 Å². The summed E-state index contributed by atoms with van der Waals surface area (Å²) in [7, 11) is 0. The van der Waals surface area contributed by atoms with Crippen LogP contribution in [0.3, 0.4) is 0 Å². The van der Waals surface area contributed by atoms with E-state index >= 15 is 0 Å². The van der Waals surface area contributed by atoms with Gasteiger partial charge in [0.15, 0.2) is 0 Å². The Morgan fingerprint density at radius 1 is 1.28 bits per heavy atom. The molecule has 1 atom stereocenters. The molecule has 0 bridgehead atoms. The number of benzene rings is 1. The van der Waals surface area contributed by atoms with Crippen molar-refractivity contribution in [1.29, 1.82) is 0 Å². The van der Waals surface area contributed by atoms with Crippen molar-refractivity contribution in [2.75, 3.05) is 30.4 Å². The maximum Gasteiger partial charge on any atom is 0.338 e. The molecule has 1 aliphatic rings. The monoisotopic (exact) mass is 342 g/mol. The highest BCUT2D eigenvalue weighted by Crippen LogP contribution is 2.18. The fourth-order valence-electron chi connectivity index (χ4n) is 2.60. The van der Waals surface area contributed by atoms with Crippen molar-refractivity contribution in [1.82, 2.24) is 9.97 Å². The van der Waals surface area contributed by atoms with Crippen LogP contribution >= 0.6 is 0 Å². The SMILES string of the molecule is CCOC(=O)c1ccc(Nc2cc(NCC3CCCO3)ncn2)cc1. The first-order chi connectivity index (χ1) is 12.2. The number of nitrogens with one attached hydrogen (secondary N) is 2. The molecule has 1 fully saturated rings. The second-order valence-corrected chi connectivity index (χ2v) is 5.73. The number of aromatic nitrogens is 2. The van der Waals surface area contributed by atoms with Crippen molar-refractivity contribution in [3.63, 3.8) is 0 Å². The van der Waals surface area contributed by atoms with Gasteiger partial charge in [-0.3, -0.25) is 0 Å². The van der Waals surface area contributed by atoms with Crippen LogP contribution in [0.2, 0.25) is 0 Å². The van der Waals surface area contributed by atoms with E-state index in [1.54, 1.807) is 19.1 Å². The van der Waals surface area contributed by atoms with Gasteiger partial charge in [0.05, 0.1) is 18.3 Å². The first-order valence-electron chi connectivity index (χ1n) is 8.46. The van der Waals surface area contributed by atoms with Crippen molar-refractivity contribution in [2.24, 2.45) is 0 Å². The highest BCUT2D eigenvalue weighted by molar-refractivity contribution is 5.89. The molecule has 7 nitrogen and oxygen atoms in total. The summed E-state index contributed by atoms with van der Waals surface area (Å²) < 4.78 is 10.6. The molecule has 0 spiro atoms. The maximum absolute atomic E-state index is 11.7. The minimum Gasteiger partial charge on any atom is -0.462 e. The van der Waals surface area contributed by atoms with Gasteiger partial charge in [-0.1, -0.05) is 0 Å². The third kappa shape index (κ3) is 4.90. The van der Waals surface area contributed by atoms with E-state index in [-0.39, 0.29) is 12.1 Å². The van der Waals surface area contributed by atoms with Crippen molar-refractivity contribution in [3.8, 4) is 0 Å². The summed E-state index contributed by atoms with van der Waals surface area (Å²) in [5.41, 5.74) is 1.35. The van der Waals surface area contributed by atoms with E-state index in [4.69, 9.17) is 9.47 Å².